The van der Waals surface area contributed by atoms with Crippen molar-refractivity contribution in [3.05, 3.63) is 0 Å². The van der Waals surface area contributed by atoms with Gasteiger partial charge in [-0.15, -0.1) is 0 Å². The molecule has 0 atom stereocenters. The van der Waals surface area contributed by atoms with Gasteiger partial charge in [0.1, 0.15) is 5.60 Å². The molecule has 0 aromatic heterocycles. The van der Waals surface area contributed by atoms with E-state index in [0.717, 1.165) is 19.3 Å². The van der Waals surface area contributed by atoms with Crippen molar-refractivity contribution in [2.24, 2.45) is 5.41 Å². The van der Waals surface area contributed by atoms with E-state index < -0.39 is 11.2 Å². The van der Waals surface area contributed by atoms with Gasteiger partial charge in [0.05, 0.1) is 12.2 Å². The van der Waals surface area contributed by atoms with Crippen LogP contribution in [0, 0.1) is 5.41 Å². The van der Waals surface area contributed by atoms with Crippen molar-refractivity contribution in [2.45, 2.75) is 64.1 Å². The fraction of sp³-hybridized carbons (Fsp3) is 0.933. The van der Waals surface area contributed by atoms with Crippen LogP contribution in [0.1, 0.15) is 52.9 Å². The number of aliphatic hydroxyl groups excluding tert-OH is 1. The van der Waals surface area contributed by atoms with Crippen LogP contribution < -0.4 is 0 Å². The molecule has 5 heteroatoms. The summed E-state index contributed by atoms with van der Waals surface area (Å²) in [4.78, 5) is 13.7. The Kier molecular flexibility index (Phi) is 4.04. The molecule has 1 amide bonds. The predicted octanol–water partition coefficient (Wildman–Crippen LogP) is 1.91. The van der Waals surface area contributed by atoms with E-state index >= 15 is 0 Å². The van der Waals surface area contributed by atoms with E-state index in [0.29, 0.717) is 25.9 Å². The van der Waals surface area contributed by atoms with Gasteiger partial charge in [0.2, 0.25) is 0 Å². The van der Waals surface area contributed by atoms with Gasteiger partial charge < -0.3 is 19.8 Å². The molecule has 0 unspecified atom stereocenters. The molecular formula is C15H27NO4. The van der Waals surface area contributed by atoms with Gasteiger partial charge in [-0.3, -0.25) is 0 Å². The first-order valence-electron chi connectivity index (χ1n) is 7.53. The Morgan fingerprint density at radius 2 is 1.75 bits per heavy atom. The van der Waals surface area contributed by atoms with Crippen LogP contribution in [0.15, 0.2) is 0 Å². The number of hydrogen-bond acceptors (Lipinski definition) is 4. The number of carbonyl (C=O) groups excluding carboxylic acids is 1. The molecule has 116 valence electrons. The second kappa shape index (κ2) is 5.19. The Hall–Kier alpha value is -0.810. The first-order chi connectivity index (χ1) is 9.21. The number of carbonyl (C=O) groups is 1. The Balaban J connectivity index is 1.93. The Labute approximate surface area is 120 Å². The van der Waals surface area contributed by atoms with Gasteiger partial charge in [0.25, 0.3) is 0 Å². The van der Waals surface area contributed by atoms with Gasteiger partial charge in [-0.2, -0.15) is 0 Å². The fourth-order valence-electron chi connectivity index (χ4n) is 3.29. The predicted molar refractivity (Wildman–Crippen MR) is 75.4 cm³/mol. The van der Waals surface area contributed by atoms with E-state index in [1.807, 2.05) is 20.8 Å². The second-order valence-electron chi connectivity index (χ2n) is 7.29. The first kappa shape index (κ1) is 15.6. The zero-order valence-electron chi connectivity index (χ0n) is 12.8. The summed E-state index contributed by atoms with van der Waals surface area (Å²) in [6, 6.07) is 0. The second-order valence-corrected chi connectivity index (χ2v) is 7.29. The number of aliphatic hydroxyl groups is 2. The van der Waals surface area contributed by atoms with Gasteiger partial charge in [-0.1, -0.05) is 6.42 Å². The van der Waals surface area contributed by atoms with Gasteiger partial charge >= 0.3 is 6.09 Å². The third kappa shape index (κ3) is 2.79. The number of piperidine rings is 1. The summed E-state index contributed by atoms with van der Waals surface area (Å²) in [5, 5.41) is 20.5. The van der Waals surface area contributed by atoms with Crippen molar-refractivity contribution in [1.82, 2.24) is 4.90 Å². The maximum absolute atomic E-state index is 12.0. The largest absolute Gasteiger partial charge is 0.444 e. The standard InChI is InChI=1S/C15H27NO4/c1-13(2,3)20-12(18)16-9-7-15(19,8-10-16)14(11-17)5-4-6-14/h17,19H,4-11H2,1-3H3. The van der Waals surface area contributed by atoms with Crippen LogP contribution in [0.25, 0.3) is 0 Å². The molecule has 20 heavy (non-hydrogen) atoms. The molecule has 1 heterocycles. The summed E-state index contributed by atoms with van der Waals surface area (Å²) in [6.45, 7) is 6.57. The number of likely N-dealkylation sites (tertiary alicyclic amines) is 1. The molecule has 0 aromatic rings. The molecule has 1 saturated carbocycles. The zero-order valence-corrected chi connectivity index (χ0v) is 12.8. The summed E-state index contributed by atoms with van der Waals surface area (Å²) in [6.07, 6.45) is 3.56. The molecule has 1 saturated heterocycles. The van der Waals surface area contributed by atoms with Crippen molar-refractivity contribution >= 4 is 6.09 Å². The minimum atomic E-state index is -0.835. The summed E-state index contributed by atoms with van der Waals surface area (Å²) < 4.78 is 5.35. The average Bonchev–Trinajstić information content (AvgIpc) is 2.26. The Morgan fingerprint density at radius 1 is 1.20 bits per heavy atom. The highest BCUT2D eigenvalue weighted by molar-refractivity contribution is 5.68. The maximum atomic E-state index is 12.0. The van der Waals surface area contributed by atoms with E-state index in [4.69, 9.17) is 4.74 Å². The third-order valence-electron chi connectivity index (χ3n) is 4.84. The van der Waals surface area contributed by atoms with Crippen molar-refractivity contribution in [2.75, 3.05) is 19.7 Å². The van der Waals surface area contributed by atoms with Crippen molar-refractivity contribution in [3.63, 3.8) is 0 Å². The fourth-order valence-corrected chi connectivity index (χ4v) is 3.29. The SMILES string of the molecule is CC(C)(C)OC(=O)N1CCC(O)(C2(CO)CCC2)CC1. The zero-order chi connectivity index (χ0) is 15.0. The summed E-state index contributed by atoms with van der Waals surface area (Å²) >= 11 is 0. The van der Waals surface area contributed by atoms with Gasteiger partial charge in [-0.25, -0.2) is 4.79 Å². The van der Waals surface area contributed by atoms with E-state index in [1.165, 1.54) is 0 Å². The van der Waals surface area contributed by atoms with Crippen molar-refractivity contribution in [1.29, 1.82) is 0 Å². The van der Waals surface area contributed by atoms with Crippen molar-refractivity contribution < 1.29 is 19.7 Å². The lowest BCUT2D eigenvalue weighted by Crippen LogP contribution is -2.60. The lowest BCUT2D eigenvalue weighted by molar-refractivity contribution is -0.173. The lowest BCUT2D eigenvalue weighted by Gasteiger charge is -2.55. The minimum Gasteiger partial charge on any atom is -0.444 e. The van der Waals surface area contributed by atoms with Crippen LogP contribution in [0.2, 0.25) is 0 Å². The number of rotatable bonds is 2. The molecule has 2 fully saturated rings. The van der Waals surface area contributed by atoms with Crippen LogP contribution >= 0.6 is 0 Å². The minimum absolute atomic E-state index is 0.0376. The van der Waals surface area contributed by atoms with Crippen LogP contribution in [0.5, 0.6) is 0 Å². The number of ether oxygens (including phenoxy) is 1. The molecule has 2 aliphatic rings. The molecule has 2 rings (SSSR count). The quantitative estimate of drug-likeness (QED) is 0.813. The Morgan fingerprint density at radius 3 is 2.10 bits per heavy atom. The van der Waals surface area contributed by atoms with Crippen molar-refractivity contribution in [3.8, 4) is 0 Å². The smallest absolute Gasteiger partial charge is 0.410 e. The highest BCUT2D eigenvalue weighted by atomic mass is 16.6. The van der Waals surface area contributed by atoms with Crippen LogP contribution in [-0.2, 0) is 4.74 Å². The van der Waals surface area contributed by atoms with Gasteiger partial charge in [0.15, 0.2) is 0 Å². The number of amides is 1. The molecule has 0 aromatic carbocycles. The molecular weight excluding hydrogens is 258 g/mol. The van der Waals surface area contributed by atoms with Gasteiger partial charge in [-0.05, 0) is 46.5 Å². The van der Waals surface area contributed by atoms with Crippen LogP contribution in [0.3, 0.4) is 0 Å². The topological polar surface area (TPSA) is 70.0 Å². The average molecular weight is 285 g/mol. The lowest BCUT2D eigenvalue weighted by atomic mass is 9.56. The highest BCUT2D eigenvalue weighted by Crippen LogP contribution is 2.52. The highest BCUT2D eigenvalue weighted by Gasteiger charge is 2.54. The first-order valence-corrected chi connectivity index (χ1v) is 7.53. The molecule has 0 bridgehead atoms. The number of nitrogens with zero attached hydrogens (tertiary/aromatic N) is 1. The van der Waals surface area contributed by atoms with Crippen LogP contribution in [0.4, 0.5) is 4.79 Å². The molecule has 2 N–H and O–H groups in total. The molecule has 5 nitrogen and oxygen atoms in total. The van der Waals surface area contributed by atoms with Gasteiger partial charge in [0, 0.05) is 18.5 Å². The van der Waals surface area contributed by atoms with E-state index in [-0.39, 0.29) is 18.1 Å². The molecule has 1 aliphatic heterocycles. The summed E-state index contributed by atoms with van der Waals surface area (Å²) in [5.74, 6) is 0. The summed E-state index contributed by atoms with van der Waals surface area (Å²) in [5.41, 5.74) is -1.67. The van der Waals surface area contributed by atoms with E-state index in [1.54, 1.807) is 4.90 Å². The normalized spacial score (nSPS) is 24.9. The third-order valence-corrected chi connectivity index (χ3v) is 4.84. The van der Waals surface area contributed by atoms with E-state index in [2.05, 4.69) is 0 Å². The Bertz CT molecular complexity index is 357. The van der Waals surface area contributed by atoms with Crippen LogP contribution in [-0.4, -0.2) is 52.1 Å². The maximum Gasteiger partial charge on any atom is 0.410 e. The number of hydrogen-bond donors (Lipinski definition) is 2. The molecule has 0 spiro atoms. The molecule has 1 aliphatic carbocycles. The monoisotopic (exact) mass is 285 g/mol. The molecule has 0 radical (unpaired) electrons. The summed E-state index contributed by atoms with van der Waals surface area (Å²) in [7, 11) is 0. The van der Waals surface area contributed by atoms with E-state index in [9.17, 15) is 15.0 Å².